The van der Waals surface area contributed by atoms with Gasteiger partial charge in [0, 0.05) is 33.4 Å². The summed E-state index contributed by atoms with van der Waals surface area (Å²) in [4.78, 5) is 22.9. The third-order valence-corrected chi connectivity index (χ3v) is 6.09. The van der Waals surface area contributed by atoms with Gasteiger partial charge in [-0.3, -0.25) is 14.9 Å². The first-order chi connectivity index (χ1) is 16.3. The average molecular weight is 506 g/mol. The zero-order chi connectivity index (χ0) is 24.3. The molecule has 1 aliphatic rings. The highest BCUT2D eigenvalue weighted by Gasteiger charge is 2.46. The zero-order valence-electron chi connectivity index (χ0n) is 18.4. The number of halogens is 2. The fourth-order valence-electron chi connectivity index (χ4n) is 3.90. The van der Waals surface area contributed by atoms with Crippen molar-refractivity contribution in [3.05, 3.63) is 86.4 Å². The number of ketones is 1. The number of non-ortho nitro benzene ring substituents is 1. The van der Waals surface area contributed by atoms with Crippen molar-refractivity contribution in [1.82, 2.24) is 9.78 Å². The molecule has 178 valence electrons. The molecular weight excluding hydrogens is 483 g/mol. The highest BCUT2D eigenvalue weighted by Crippen LogP contribution is 2.41. The van der Waals surface area contributed by atoms with Crippen molar-refractivity contribution in [3.63, 3.8) is 0 Å². The fraction of sp³-hybridized carbons (Fsp3) is 0.348. The quantitative estimate of drug-likeness (QED) is 0.185. The van der Waals surface area contributed by atoms with Crippen LogP contribution >= 0.6 is 23.2 Å². The number of rotatable bonds is 9. The SMILES string of the molecule is CCCC1COC(Cn2c[n+](CC(=O)c3ccc([N+](=O)[O-])cc3)cn2)(c2ccc(Cl)cc2Cl)O1. The highest BCUT2D eigenvalue weighted by atomic mass is 35.5. The highest BCUT2D eigenvalue weighted by molar-refractivity contribution is 6.35. The van der Waals surface area contributed by atoms with Crippen LogP contribution in [-0.2, 0) is 28.4 Å². The van der Waals surface area contributed by atoms with E-state index in [9.17, 15) is 14.9 Å². The van der Waals surface area contributed by atoms with Crippen molar-refractivity contribution in [2.45, 2.75) is 44.7 Å². The molecule has 2 atom stereocenters. The number of benzene rings is 2. The molecule has 0 spiro atoms. The standard InChI is InChI=1S/C23H23Cl2N4O5/c1-2-3-19-12-33-23(34-19,20-9-6-17(24)10-21(20)25)13-28-15-27(14-26-28)11-22(30)16-4-7-18(8-5-16)29(31)32/h4-10,14-15,19H,2-3,11-13H2,1H3/q+1. The Bertz CT molecular complexity index is 1200. The molecule has 0 radical (unpaired) electrons. The first-order valence-electron chi connectivity index (χ1n) is 10.8. The second-order valence-electron chi connectivity index (χ2n) is 8.06. The maximum Gasteiger partial charge on any atom is 0.269 e. The van der Waals surface area contributed by atoms with E-state index in [1.54, 1.807) is 33.8 Å². The van der Waals surface area contributed by atoms with Gasteiger partial charge < -0.3 is 9.47 Å². The maximum absolute atomic E-state index is 12.6. The van der Waals surface area contributed by atoms with Gasteiger partial charge in [0.25, 0.3) is 12.0 Å². The van der Waals surface area contributed by atoms with Crippen LogP contribution in [-0.4, -0.2) is 33.2 Å². The van der Waals surface area contributed by atoms with Crippen LogP contribution < -0.4 is 4.57 Å². The minimum Gasteiger partial charge on any atom is -0.341 e. The summed E-state index contributed by atoms with van der Waals surface area (Å²) in [6.45, 7) is 2.74. The molecule has 3 aromatic rings. The van der Waals surface area contributed by atoms with Crippen LogP contribution in [0.5, 0.6) is 0 Å². The number of nitro groups is 1. The average Bonchev–Trinajstić information content (AvgIpc) is 3.41. The van der Waals surface area contributed by atoms with Gasteiger partial charge in [-0.25, -0.2) is 4.57 Å². The minimum absolute atomic E-state index is 0.0205. The predicted molar refractivity (Wildman–Crippen MR) is 124 cm³/mol. The van der Waals surface area contributed by atoms with E-state index < -0.39 is 10.7 Å². The summed E-state index contributed by atoms with van der Waals surface area (Å²) in [5, 5.41) is 16.1. The van der Waals surface area contributed by atoms with E-state index in [0.29, 0.717) is 27.8 Å². The predicted octanol–water partition coefficient (Wildman–Crippen LogP) is 4.34. The lowest BCUT2D eigenvalue weighted by atomic mass is 10.1. The molecule has 0 saturated carbocycles. The summed E-state index contributed by atoms with van der Waals surface area (Å²) in [5.74, 6) is -1.35. The van der Waals surface area contributed by atoms with Crippen molar-refractivity contribution in [3.8, 4) is 0 Å². The van der Waals surface area contributed by atoms with E-state index in [0.717, 1.165) is 12.8 Å². The van der Waals surface area contributed by atoms with Crippen LogP contribution in [0.3, 0.4) is 0 Å². The third-order valence-electron chi connectivity index (χ3n) is 5.54. The fourth-order valence-corrected chi connectivity index (χ4v) is 4.46. The van der Waals surface area contributed by atoms with Crippen molar-refractivity contribution in [2.75, 3.05) is 6.61 Å². The molecule has 1 aliphatic heterocycles. The van der Waals surface area contributed by atoms with E-state index in [-0.39, 0.29) is 30.7 Å². The van der Waals surface area contributed by atoms with Gasteiger partial charge in [0.2, 0.25) is 12.1 Å². The maximum atomic E-state index is 12.6. The minimum atomic E-state index is -1.15. The molecule has 0 aliphatic carbocycles. The smallest absolute Gasteiger partial charge is 0.269 e. The number of carbonyl (C=O) groups excluding carboxylic acids is 1. The molecule has 0 amide bonds. The van der Waals surface area contributed by atoms with Crippen LogP contribution in [0.15, 0.2) is 55.1 Å². The first kappa shape index (κ1) is 24.3. The number of aromatic nitrogens is 3. The summed E-state index contributed by atoms with van der Waals surface area (Å²) < 4.78 is 15.8. The lowest BCUT2D eigenvalue weighted by Gasteiger charge is -2.27. The van der Waals surface area contributed by atoms with Crippen molar-refractivity contribution in [1.29, 1.82) is 0 Å². The molecule has 1 aromatic heterocycles. The van der Waals surface area contributed by atoms with Gasteiger partial charge in [-0.1, -0.05) is 42.6 Å². The van der Waals surface area contributed by atoms with E-state index in [4.69, 9.17) is 32.7 Å². The van der Waals surface area contributed by atoms with Gasteiger partial charge in [-0.15, -0.1) is 4.68 Å². The van der Waals surface area contributed by atoms with Gasteiger partial charge in [0.15, 0.2) is 12.3 Å². The topological polar surface area (TPSA) is 100 Å². The normalized spacial score (nSPS) is 19.9. The number of nitrogens with zero attached hydrogens (tertiary/aromatic N) is 4. The Morgan fingerprint density at radius 3 is 2.74 bits per heavy atom. The second-order valence-corrected chi connectivity index (χ2v) is 8.90. The summed E-state index contributed by atoms with van der Waals surface area (Å²) in [7, 11) is 0. The first-order valence-corrected chi connectivity index (χ1v) is 11.5. The van der Waals surface area contributed by atoms with Crippen molar-refractivity contribution >= 4 is 34.7 Å². The number of nitro benzene ring substituents is 1. The Morgan fingerprint density at radius 2 is 2.06 bits per heavy atom. The molecule has 1 fully saturated rings. The largest absolute Gasteiger partial charge is 0.341 e. The van der Waals surface area contributed by atoms with Gasteiger partial charge in [-0.05, 0) is 30.7 Å². The van der Waals surface area contributed by atoms with Crippen LogP contribution in [0.25, 0.3) is 0 Å². The van der Waals surface area contributed by atoms with Crippen LogP contribution in [0.1, 0.15) is 35.7 Å². The van der Waals surface area contributed by atoms with E-state index >= 15 is 0 Å². The van der Waals surface area contributed by atoms with E-state index in [1.165, 1.54) is 30.6 Å². The molecule has 2 heterocycles. The molecule has 9 nitrogen and oxygen atoms in total. The van der Waals surface area contributed by atoms with Crippen molar-refractivity contribution in [2.24, 2.45) is 0 Å². The summed E-state index contributed by atoms with van der Waals surface area (Å²) in [5.41, 5.74) is 0.961. The number of hydrogen-bond donors (Lipinski definition) is 0. The lowest BCUT2D eigenvalue weighted by molar-refractivity contribution is -0.684. The molecule has 2 aromatic carbocycles. The third kappa shape index (κ3) is 5.28. The Morgan fingerprint density at radius 1 is 1.29 bits per heavy atom. The molecule has 34 heavy (non-hydrogen) atoms. The molecule has 0 N–H and O–H groups in total. The van der Waals surface area contributed by atoms with Crippen LogP contribution in [0.4, 0.5) is 5.69 Å². The molecule has 11 heteroatoms. The molecule has 2 unspecified atom stereocenters. The lowest BCUT2D eigenvalue weighted by Crippen LogP contribution is -2.37. The molecular formula is C23H23Cl2N4O5+. The number of ether oxygens (including phenoxy) is 2. The molecule has 4 rings (SSSR count). The van der Waals surface area contributed by atoms with Gasteiger partial charge in [0.05, 0.1) is 22.7 Å². The number of carbonyl (C=O) groups is 1. The van der Waals surface area contributed by atoms with Crippen LogP contribution in [0, 0.1) is 10.1 Å². The Labute approximate surface area is 206 Å². The van der Waals surface area contributed by atoms with Gasteiger partial charge in [0.1, 0.15) is 6.54 Å². The summed E-state index contributed by atoms with van der Waals surface area (Å²) >= 11 is 12.6. The van der Waals surface area contributed by atoms with Gasteiger partial charge >= 0.3 is 0 Å². The summed E-state index contributed by atoms with van der Waals surface area (Å²) in [6, 6.07) is 10.7. The monoisotopic (exact) mass is 505 g/mol. The van der Waals surface area contributed by atoms with Crippen molar-refractivity contribution < 1.29 is 23.8 Å². The number of hydrogen-bond acceptors (Lipinski definition) is 6. The Kier molecular flexibility index (Phi) is 7.27. The van der Waals surface area contributed by atoms with Crippen LogP contribution in [0.2, 0.25) is 10.0 Å². The molecule has 1 saturated heterocycles. The Balaban J connectivity index is 1.53. The molecule has 0 bridgehead atoms. The second kappa shape index (κ2) is 10.2. The number of Topliss-reactive ketones (excluding diaryl/α,β-unsaturated/α-hetero) is 1. The summed E-state index contributed by atoms with van der Waals surface area (Å²) in [6.07, 6.45) is 4.91. The Hall–Kier alpha value is -2.85. The van der Waals surface area contributed by atoms with E-state index in [1.807, 2.05) is 0 Å². The van der Waals surface area contributed by atoms with Gasteiger partial charge in [-0.2, -0.15) is 0 Å². The van der Waals surface area contributed by atoms with E-state index in [2.05, 4.69) is 12.0 Å². The zero-order valence-corrected chi connectivity index (χ0v) is 19.9.